The number of aromatic amines is 1. The first kappa shape index (κ1) is 35.6. The predicted octanol–water partition coefficient (Wildman–Crippen LogP) is 1.53. The van der Waals surface area contributed by atoms with Gasteiger partial charge in [0.15, 0.2) is 28.1 Å². The molecule has 1 unspecified atom stereocenters. The number of thiazole rings is 1. The molecule has 3 fully saturated rings. The Kier molecular flexibility index (Phi) is 9.57. The molecule has 0 bridgehead atoms. The van der Waals surface area contributed by atoms with Crippen molar-refractivity contribution in [3.8, 4) is 11.5 Å². The van der Waals surface area contributed by atoms with Crippen LogP contribution >= 0.6 is 34.7 Å². The first-order valence-electron chi connectivity index (χ1n) is 16.4. The summed E-state index contributed by atoms with van der Waals surface area (Å²) in [5.41, 5.74) is 7.30. The lowest BCUT2D eigenvalue weighted by molar-refractivity contribution is -0.938. The number of carboxylic acid groups (broad SMARTS) is 1. The van der Waals surface area contributed by atoms with Gasteiger partial charge in [-0.3, -0.25) is 19.3 Å². The second-order valence-corrected chi connectivity index (χ2v) is 15.5. The number of phenols is 2. The number of hydrogen-bond donors (Lipinski definition) is 5. The molecule has 2 aromatic heterocycles. The van der Waals surface area contributed by atoms with Gasteiger partial charge in [-0.25, -0.2) is 9.78 Å². The van der Waals surface area contributed by atoms with E-state index in [2.05, 4.69) is 30.8 Å². The van der Waals surface area contributed by atoms with Gasteiger partial charge in [-0.1, -0.05) is 16.8 Å². The molecular formula is C31H34ClN10O8S2+. The number of quaternary nitrogens is 1. The number of H-pyrrole nitrogens is 1. The number of amides is 2. The summed E-state index contributed by atoms with van der Waals surface area (Å²) < 4.78 is 0.704. The summed E-state index contributed by atoms with van der Waals surface area (Å²) in [5.74, 6) is -3.30. The molecule has 0 radical (unpaired) electrons. The summed E-state index contributed by atoms with van der Waals surface area (Å²) in [6, 6.07) is 2.75. The Hall–Kier alpha value is -4.79. The van der Waals surface area contributed by atoms with Gasteiger partial charge >= 0.3 is 5.97 Å². The molecule has 5 atom stereocenters. The van der Waals surface area contributed by atoms with Crippen molar-refractivity contribution in [2.24, 2.45) is 11.1 Å². The van der Waals surface area contributed by atoms with E-state index in [0.29, 0.717) is 42.1 Å². The number of nitrogens with zero attached hydrogens (tertiary/aromatic N) is 8. The number of phenolic OH excluding ortho intramolecular Hbond substituents is 2. The zero-order valence-corrected chi connectivity index (χ0v) is 30.0. The number of aromatic nitrogens is 5. The van der Waals surface area contributed by atoms with Crippen molar-refractivity contribution in [1.82, 2.24) is 35.4 Å². The number of carbonyl (C=O) groups is 4. The molecule has 1 aromatic carbocycles. The van der Waals surface area contributed by atoms with Crippen LogP contribution in [-0.2, 0) is 19.2 Å². The number of Topliss-reactive ketones (excluding diaryl/α,β-unsaturated/α-hetero) is 1. The highest BCUT2D eigenvalue weighted by molar-refractivity contribution is 8.00. The Morgan fingerprint density at radius 2 is 2.08 bits per heavy atom. The molecule has 0 saturated carbocycles. The van der Waals surface area contributed by atoms with Gasteiger partial charge in [0, 0.05) is 36.0 Å². The van der Waals surface area contributed by atoms with E-state index in [-0.39, 0.29) is 57.2 Å². The number of fused-ring (bicyclic) bond motifs is 2. The number of oxime groups is 1. The first-order valence-corrected chi connectivity index (χ1v) is 18.7. The molecule has 4 aliphatic heterocycles. The SMILES string of the molecule is C[C@H](O/N=C(\C(=O)C[C@@H]1C(=O)N2C(c3nn[nH]n3)=C(C[N+]34CCC[C@H]3CN(C(=O)c3ccc(O)c(O)c3Cl)CC4)CS[C@H]12)c1csc(N)n1)C(=O)O. The minimum atomic E-state index is -1.33. The third kappa shape index (κ3) is 6.32. The van der Waals surface area contributed by atoms with E-state index in [1.165, 1.54) is 36.2 Å². The number of β-lactam (4-membered cyclic amide) rings is 1. The molecular weight excluding hydrogens is 740 g/mol. The van der Waals surface area contributed by atoms with E-state index in [0.717, 1.165) is 36.3 Å². The quantitative estimate of drug-likeness (QED) is 0.0610. The van der Waals surface area contributed by atoms with Crippen LogP contribution in [-0.4, -0.2) is 140 Å². The Morgan fingerprint density at radius 3 is 2.79 bits per heavy atom. The monoisotopic (exact) mass is 773 g/mol. The van der Waals surface area contributed by atoms with Gasteiger partial charge in [0.25, 0.3) is 5.91 Å². The fourth-order valence-corrected chi connectivity index (χ4v) is 9.58. The minimum Gasteiger partial charge on any atom is -0.504 e. The lowest BCUT2D eigenvalue weighted by Crippen LogP contribution is -2.65. The van der Waals surface area contributed by atoms with Gasteiger partial charge in [0.2, 0.25) is 17.8 Å². The van der Waals surface area contributed by atoms with Crippen LogP contribution in [0.3, 0.4) is 0 Å². The van der Waals surface area contributed by atoms with Crippen LogP contribution in [0.4, 0.5) is 5.13 Å². The van der Waals surface area contributed by atoms with Gasteiger partial charge < -0.3 is 35.3 Å². The number of nitrogen functional groups attached to an aromatic ring is 1. The molecule has 6 heterocycles. The van der Waals surface area contributed by atoms with Crippen molar-refractivity contribution >= 4 is 74.8 Å². The van der Waals surface area contributed by atoms with Crippen LogP contribution < -0.4 is 5.73 Å². The maximum atomic E-state index is 13.9. The van der Waals surface area contributed by atoms with Crippen LogP contribution in [0.15, 0.2) is 28.2 Å². The number of carbonyl (C=O) groups excluding carboxylic acids is 3. The number of ketones is 1. The number of halogens is 1. The summed E-state index contributed by atoms with van der Waals surface area (Å²) in [7, 11) is 0. The topological polar surface area (TPSA) is 250 Å². The Morgan fingerprint density at radius 1 is 1.27 bits per heavy atom. The minimum absolute atomic E-state index is 0.102. The van der Waals surface area contributed by atoms with E-state index in [4.69, 9.17) is 22.2 Å². The zero-order chi connectivity index (χ0) is 36.9. The number of anilines is 1. The van der Waals surface area contributed by atoms with Crippen molar-refractivity contribution < 1.29 is 43.8 Å². The summed E-state index contributed by atoms with van der Waals surface area (Å²) in [4.78, 5) is 64.9. The Labute approximate surface area is 308 Å². The number of piperazine rings is 1. The zero-order valence-electron chi connectivity index (χ0n) is 27.6. The van der Waals surface area contributed by atoms with Crippen molar-refractivity contribution in [3.63, 3.8) is 0 Å². The number of nitrogens with one attached hydrogen (secondary N) is 1. The van der Waals surface area contributed by atoms with E-state index < -0.39 is 40.6 Å². The fraction of sp³-hybridized carbons (Fsp3) is 0.452. The molecule has 0 aliphatic carbocycles. The standard InChI is InChI=1S/C31H33ClN10O8S2/c1-14(30(48)49)50-37-23(19-13-52-31(33)34-19)21(44)9-18-28(47)41-24(26-35-38-39-36-26)15(12-51-29(18)41)11-42-7-2-3-16(42)10-40(6-8-42)27(46)17-4-5-20(43)25(45)22(17)32/h4-5,13-14,16,18,29H,2-3,6-12H2,1H3,(H5-,33,34,35,36,37,38,39,43,44,45,46,48,49)/p+1/t14-,16-,18+,29+,42?/m0/s1. The van der Waals surface area contributed by atoms with E-state index in [1.807, 2.05) is 0 Å². The second-order valence-electron chi connectivity index (χ2n) is 13.1. The summed E-state index contributed by atoms with van der Waals surface area (Å²) in [6.07, 6.45) is 0.281. The highest BCUT2D eigenvalue weighted by Crippen LogP contribution is 2.49. The molecule has 3 aromatic rings. The molecule has 18 nitrogen and oxygen atoms in total. The van der Waals surface area contributed by atoms with Gasteiger partial charge in [0.05, 0.1) is 53.8 Å². The molecule has 274 valence electrons. The number of thioether (sulfide) groups is 1. The molecule has 3 saturated heterocycles. The maximum Gasteiger partial charge on any atom is 0.347 e. The normalized spacial score (nSPS) is 25.0. The van der Waals surface area contributed by atoms with Crippen molar-refractivity contribution in [3.05, 3.63) is 45.2 Å². The van der Waals surface area contributed by atoms with Crippen LogP contribution in [0.1, 0.15) is 48.1 Å². The summed E-state index contributed by atoms with van der Waals surface area (Å²) in [5, 5.41) is 48.7. The number of benzene rings is 1. The van der Waals surface area contributed by atoms with Crippen molar-refractivity contribution in [2.45, 2.75) is 43.7 Å². The molecule has 4 aliphatic rings. The van der Waals surface area contributed by atoms with Gasteiger partial charge in [-0.05, 0) is 24.3 Å². The molecule has 21 heteroatoms. The molecule has 6 N–H and O–H groups in total. The van der Waals surface area contributed by atoms with Crippen molar-refractivity contribution in [2.75, 3.05) is 44.2 Å². The first-order chi connectivity index (χ1) is 24.9. The van der Waals surface area contributed by atoms with Gasteiger partial charge in [-0.15, -0.1) is 33.3 Å². The molecule has 2 amide bonds. The number of tetrazole rings is 1. The average molecular weight is 774 g/mol. The number of carboxylic acids is 1. The lowest BCUT2D eigenvalue weighted by atomic mass is 9.89. The number of aliphatic carboxylic acids is 1. The van der Waals surface area contributed by atoms with E-state index in [1.54, 1.807) is 9.80 Å². The predicted molar refractivity (Wildman–Crippen MR) is 187 cm³/mol. The van der Waals surface area contributed by atoms with E-state index in [9.17, 15) is 34.5 Å². The largest absolute Gasteiger partial charge is 0.504 e. The van der Waals surface area contributed by atoms with Crippen LogP contribution in [0.25, 0.3) is 5.70 Å². The van der Waals surface area contributed by atoms with Gasteiger partial charge in [-0.2, -0.15) is 5.21 Å². The maximum absolute atomic E-state index is 13.9. The molecule has 52 heavy (non-hydrogen) atoms. The van der Waals surface area contributed by atoms with Crippen molar-refractivity contribution in [1.29, 1.82) is 0 Å². The van der Waals surface area contributed by atoms with E-state index >= 15 is 0 Å². The average Bonchev–Trinajstić information content (AvgIpc) is 3.91. The number of rotatable bonds is 11. The van der Waals surface area contributed by atoms with Crippen LogP contribution in [0, 0.1) is 5.92 Å². The summed E-state index contributed by atoms with van der Waals surface area (Å²) >= 11 is 8.84. The summed E-state index contributed by atoms with van der Waals surface area (Å²) in [6.45, 7) is 4.28. The number of hydrogen-bond acceptors (Lipinski definition) is 15. The third-order valence-electron chi connectivity index (χ3n) is 10.1. The number of aromatic hydroxyl groups is 2. The van der Waals surface area contributed by atoms with Crippen LogP contribution in [0.5, 0.6) is 11.5 Å². The third-order valence-corrected chi connectivity index (χ3v) is 12.5. The Bertz CT molecular complexity index is 2010. The second kappa shape index (κ2) is 14.0. The smallest absolute Gasteiger partial charge is 0.347 e. The highest BCUT2D eigenvalue weighted by Gasteiger charge is 2.55. The van der Waals surface area contributed by atoms with Gasteiger partial charge in [0.1, 0.15) is 18.3 Å². The lowest BCUT2D eigenvalue weighted by Gasteiger charge is -2.52. The highest BCUT2D eigenvalue weighted by atomic mass is 35.5. The van der Waals surface area contributed by atoms with Crippen LogP contribution in [0.2, 0.25) is 5.02 Å². The Balaban J connectivity index is 1.10. The number of nitrogens with two attached hydrogens (primary N) is 1. The molecule has 0 spiro atoms. The fourth-order valence-electron chi connectivity index (χ4n) is 7.39. The molecule has 7 rings (SSSR count).